The molecule has 0 saturated heterocycles. The van der Waals surface area contributed by atoms with Crippen molar-refractivity contribution in [2.24, 2.45) is 11.7 Å². The van der Waals surface area contributed by atoms with Crippen molar-refractivity contribution in [3.8, 4) is 0 Å². The molecule has 0 amide bonds. The summed E-state index contributed by atoms with van der Waals surface area (Å²) in [4.78, 5) is 16.6. The molecule has 1 aliphatic rings. The summed E-state index contributed by atoms with van der Waals surface area (Å²) in [6, 6.07) is 0.0167. The van der Waals surface area contributed by atoms with Crippen LogP contribution in [0.25, 0.3) is 0 Å². The molecule has 0 aromatic carbocycles. The molecule has 2 atom stereocenters. The van der Waals surface area contributed by atoms with Crippen LogP contribution in [0.5, 0.6) is 0 Å². The van der Waals surface area contributed by atoms with E-state index in [4.69, 9.17) is 5.73 Å². The first-order valence-electron chi connectivity index (χ1n) is 6.55. The van der Waals surface area contributed by atoms with Crippen LogP contribution in [0.3, 0.4) is 0 Å². The molecule has 4 nitrogen and oxygen atoms in total. The second kappa shape index (κ2) is 5.45. The average molecular weight is 235 g/mol. The number of nitrogens with two attached hydrogens (primary N) is 1. The first-order chi connectivity index (χ1) is 8.24. The third-order valence-corrected chi connectivity index (χ3v) is 3.56. The van der Waals surface area contributed by atoms with E-state index in [9.17, 15) is 4.79 Å². The number of nitrogens with zero attached hydrogens (tertiary/aromatic N) is 2. The van der Waals surface area contributed by atoms with Gasteiger partial charge in [-0.1, -0.05) is 19.8 Å². The largest absolute Gasteiger partial charge is 0.329 e. The zero-order chi connectivity index (χ0) is 12.3. The summed E-state index contributed by atoms with van der Waals surface area (Å²) < 4.78 is 1.95. The van der Waals surface area contributed by atoms with Crippen LogP contribution in [0.15, 0.2) is 12.4 Å². The molecular formula is C13H21N3O. The average Bonchev–Trinajstić information content (AvgIpc) is 2.78. The van der Waals surface area contributed by atoms with Crippen LogP contribution in [0.2, 0.25) is 0 Å². The topological polar surface area (TPSA) is 60.9 Å². The van der Waals surface area contributed by atoms with Gasteiger partial charge in [0.25, 0.3) is 0 Å². The summed E-state index contributed by atoms with van der Waals surface area (Å²) in [6.07, 6.45) is 8.73. The van der Waals surface area contributed by atoms with Crippen molar-refractivity contribution in [1.29, 1.82) is 0 Å². The highest BCUT2D eigenvalue weighted by molar-refractivity contribution is 5.95. The van der Waals surface area contributed by atoms with Crippen LogP contribution < -0.4 is 5.73 Å². The number of rotatable bonds is 4. The number of imidazole rings is 1. The lowest BCUT2D eigenvalue weighted by Crippen LogP contribution is -2.39. The number of aryl methyl sites for hydroxylation is 1. The predicted molar refractivity (Wildman–Crippen MR) is 66.8 cm³/mol. The Hall–Kier alpha value is -1.16. The maximum atomic E-state index is 12.4. The minimum atomic E-state index is -0.0262. The standard InChI is InChI=1S/C13H21N3O/c1-2-8-16-9-7-15-13(16)12(17)10-5-3-4-6-11(10)14/h7,9-11H,2-6,8,14H2,1H3. The molecule has 4 heteroatoms. The number of hydrogen-bond acceptors (Lipinski definition) is 3. The number of hydrogen-bond donors (Lipinski definition) is 1. The molecular weight excluding hydrogens is 214 g/mol. The molecule has 0 aliphatic heterocycles. The van der Waals surface area contributed by atoms with Crippen LogP contribution in [0.1, 0.15) is 49.6 Å². The first-order valence-corrected chi connectivity index (χ1v) is 6.55. The van der Waals surface area contributed by atoms with Crippen molar-refractivity contribution in [2.75, 3.05) is 0 Å². The van der Waals surface area contributed by atoms with E-state index in [1.54, 1.807) is 6.20 Å². The summed E-state index contributed by atoms with van der Waals surface area (Å²) in [5.41, 5.74) is 6.05. The summed E-state index contributed by atoms with van der Waals surface area (Å²) in [7, 11) is 0. The molecule has 2 rings (SSSR count). The molecule has 0 bridgehead atoms. The van der Waals surface area contributed by atoms with E-state index >= 15 is 0 Å². The number of carbonyl (C=O) groups is 1. The van der Waals surface area contributed by atoms with Crippen molar-refractivity contribution in [1.82, 2.24) is 9.55 Å². The van der Waals surface area contributed by atoms with Gasteiger partial charge in [-0.2, -0.15) is 0 Å². The molecule has 1 saturated carbocycles. The van der Waals surface area contributed by atoms with Crippen LogP contribution in [-0.2, 0) is 6.54 Å². The highest BCUT2D eigenvalue weighted by Crippen LogP contribution is 2.25. The molecule has 1 fully saturated rings. The minimum absolute atomic E-state index is 0.0167. The van der Waals surface area contributed by atoms with E-state index in [2.05, 4.69) is 11.9 Å². The molecule has 1 aromatic heterocycles. The van der Waals surface area contributed by atoms with Gasteiger partial charge >= 0.3 is 0 Å². The molecule has 2 unspecified atom stereocenters. The molecule has 1 heterocycles. The van der Waals surface area contributed by atoms with E-state index in [0.717, 1.165) is 38.6 Å². The third-order valence-electron chi connectivity index (χ3n) is 3.56. The van der Waals surface area contributed by atoms with Crippen LogP contribution in [0.4, 0.5) is 0 Å². The fourth-order valence-electron chi connectivity index (χ4n) is 2.61. The van der Waals surface area contributed by atoms with Crippen molar-refractivity contribution in [3.05, 3.63) is 18.2 Å². The van der Waals surface area contributed by atoms with Crippen molar-refractivity contribution in [3.63, 3.8) is 0 Å². The smallest absolute Gasteiger partial charge is 0.202 e. The second-order valence-electron chi connectivity index (χ2n) is 4.86. The summed E-state index contributed by atoms with van der Waals surface area (Å²) >= 11 is 0. The predicted octanol–water partition coefficient (Wildman–Crippen LogP) is 1.99. The van der Waals surface area contributed by atoms with Gasteiger partial charge in [0.15, 0.2) is 5.82 Å². The van der Waals surface area contributed by atoms with Crippen LogP contribution >= 0.6 is 0 Å². The molecule has 1 aromatic rings. The van der Waals surface area contributed by atoms with Crippen LogP contribution in [0, 0.1) is 5.92 Å². The lowest BCUT2D eigenvalue weighted by atomic mass is 9.82. The molecule has 0 radical (unpaired) electrons. The van der Waals surface area contributed by atoms with E-state index in [1.165, 1.54) is 0 Å². The Morgan fingerprint density at radius 3 is 3.00 bits per heavy atom. The number of aromatic nitrogens is 2. The summed E-state index contributed by atoms with van der Waals surface area (Å²) in [5, 5.41) is 0. The third kappa shape index (κ3) is 2.57. The zero-order valence-corrected chi connectivity index (χ0v) is 10.4. The Bertz CT molecular complexity index is 386. The van der Waals surface area contributed by atoms with Gasteiger partial charge in [-0.15, -0.1) is 0 Å². The summed E-state index contributed by atoms with van der Waals surface area (Å²) in [6.45, 7) is 2.95. The first kappa shape index (κ1) is 12.3. The van der Waals surface area contributed by atoms with Crippen LogP contribution in [-0.4, -0.2) is 21.4 Å². The van der Waals surface area contributed by atoms with Crippen molar-refractivity contribution in [2.45, 2.75) is 51.6 Å². The SMILES string of the molecule is CCCn1ccnc1C(=O)C1CCCCC1N. The quantitative estimate of drug-likeness (QED) is 0.812. The second-order valence-corrected chi connectivity index (χ2v) is 4.86. The normalized spacial score (nSPS) is 24.8. The van der Waals surface area contributed by atoms with Gasteiger partial charge in [0.1, 0.15) is 0 Å². The molecule has 17 heavy (non-hydrogen) atoms. The van der Waals surface area contributed by atoms with Crippen molar-refractivity contribution >= 4 is 5.78 Å². The van der Waals surface area contributed by atoms with E-state index in [0.29, 0.717) is 5.82 Å². The Morgan fingerprint density at radius 1 is 1.53 bits per heavy atom. The monoisotopic (exact) mass is 235 g/mol. The Balaban J connectivity index is 2.15. The maximum absolute atomic E-state index is 12.4. The summed E-state index contributed by atoms with van der Waals surface area (Å²) in [5.74, 6) is 0.701. The van der Waals surface area contributed by atoms with Crippen molar-refractivity contribution < 1.29 is 4.79 Å². The van der Waals surface area contributed by atoms with Gasteiger partial charge in [0.05, 0.1) is 0 Å². The molecule has 94 valence electrons. The maximum Gasteiger partial charge on any atom is 0.202 e. The lowest BCUT2D eigenvalue weighted by molar-refractivity contribution is 0.0855. The van der Waals surface area contributed by atoms with Gasteiger partial charge in [-0.25, -0.2) is 4.98 Å². The Kier molecular flexibility index (Phi) is 3.94. The Morgan fingerprint density at radius 2 is 2.29 bits per heavy atom. The minimum Gasteiger partial charge on any atom is -0.329 e. The lowest BCUT2D eigenvalue weighted by Gasteiger charge is -2.27. The Labute approximate surface area is 102 Å². The number of ketones is 1. The van der Waals surface area contributed by atoms with Gasteiger partial charge in [-0.05, 0) is 19.3 Å². The fraction of sp³-hybridized carbons (Fsp3) is 0.692. The highest BCUT2D eigenvalue weighted by atomic mass is 16.1. The molecule has 2 N–H and O–H groups in total. The molecule has 0 spiro atoms. The van der Waals surface area contributed by atoms with E-state index in [-0.39, 0.29) is 17.7 Å². The van der Waals surface area contributed by atoms with Gasteiger partial charge < -0.3 is 10.3 Å². The number of Topliss-reactive ketones (excluding diaryl/α,β-unsaturated/α-hetero) is 1. The van der Waals surface area contributed by atoms with Gasteiger partial charge in [0, 0.05) is 30.9 Å². The van der Waals surface area contributed by atoms with Gasteiger partial charge in [0.2, 0.25) is 5.78 Å². The van der Waals surface area contributed by atoms with Gasteiger partial charge in [-0.3, -0.25) is 4.79 Å². The zero-order valence-electron chi connectivity index (χ0n) is 10.4. The fourth-order valence-corrected chi connectivity index (χ4v) is 2.61. The highest BCUT2D eigenvalue weighted by Gasteiger charge is 2.31. The molecule has 1 aliphatic carbocycles. The van der Waals surface area contributed by atoms with E-state index < -0.39 is 0 Å². The van der Waals surface area contributed by atoms with E-state index in [1.807, 2.05) is 10.8 Å². The number of carbonyl (C=O) groups excluding carboxylic acids is 1.